The highest BCUT2D eigenvalue weighted by atomic mass is 32.2. The van der Waals surface area contributed by atoms with Crippen LogP contribution in [-0.4, -0.2) is 16.5 Å². The summed E-state index contributed by atoms with van der Waals surface area (Å²) in [5.74, 6) is 1.17. The molecule has 19 heavy (non-hydrogen) atoms. The minimum Gasteiger partial charge on any atom is -0.335 e. The molecule has 0 amide bonds. The van der Waals surface area contributed by atoms with Gasteiger partial charge in [-0.1, -0.05) is 49.2 Å². The third-order valence-corrected chi connectivity index (χ3v) is 5.46. The molecular formula is C16H22N2S. The van der Waals surface area contributed by atoms with E-state index in [1.54, 1.807) is 0 Å². The first kappa shape index (κ1) is 13.0. The number of amidine groups is 1. The summed E-state index contributed by atoms with van der Waals surface area (Å²) in [6.07, 6.45) is 6.64. The van der Waals surface area contributed by atoms with E-state index in [-0.39, 0.29) is 5.54 Å². The Morgan fingerprint density at radius 1 is 1.11 bits per heavy atom. The molecule has 1 N–H and O–H groups in total. The summed E-state index contributed by atoms with van der Waals surface area (Å²) in [5, 5.41) is 4.69. The van der Waals surface area contributed by atoms with E-state index in [0.29, 0.717) is 0 Å². The van der Waals surface area contributed by atoms with E-state index in [1.807, 2.05) is 11.8 Å². The molecule has 2 aliphatic rings. The van der Waals surface area contributed by atoms with Crippen LogP contribution < -0.4 is 5.32 Å². The van der Waals surface area contributed by atoms with Gasteiger partial charge in [0.05, 0.1) is 5.54 Å². The van der Waals surface area contributed by atoms with Crippen molar-refractivity contribution in [2.24, 2.45) is 4.99 Å². The van der Waals surface area contributed by atoms with E-state index < -0.39 is 0 Å². The monoisotopic (exact) mass is 274 g/mol. The lowest BCUT2D eigenvalue weighted by molar-refractivity contribution is 0.335. The van der Waals surface area contributed by atoms with Crippen molar-refractivity contribution in [3.05, 3.63) is 29.3 Å². The number of aliphatic imine (C=N–C) groups is 1. The smallest absolute Gasteiger partial charge is 0.161 e. The van der Waals surface area contributed by atoms with E-state index in [1.165, 1.54) is 54.7 Å². The summed E-state index contributed by atoms with van der Waals surface area (Å²) < 4.78 is 0. The van der Waals surface area contributed by atoms with Gasteiger partial charge in [0.1, 0.15) is 0 Å². The zero-order chi connectivity index (χ0) is 13.3. The highest BCUT2D eigenvalue weighted by molar-refractivity contribution is 8.14. The average molecular weight is 274 g/mol. The number of para-hydroxylation sites is 1. The minimum atomic E-state index is 0.252. The first-order valence-corrected chi connectivity index (χ1v) is 8.23. The summed E-state index contributed by atoms with van der Waals surface area (Å²) in [7, 11) is 0. The number of benzene rings is 1. The third kappa shape index (κ3) is 2.66. The average Bonchev–Trinajstić information content (AvgIpc) is 2.78. The van der Waals surface area contributed by atoms with Crippen LogP contribution in [0.25, 0.3) is 0 Å². The number of nitrogens with one attached hydrogen (secondary N) is 1. The van der Waals surface area contributed by atoms with E-state index in [0.717, 1.165) is 5.17 Å². The number of hydrogen-bond donors (Lipinski definition) is 1. The van der Waals surface area contributed by atoms with Crippen LogP contribution in [0.2, 0.25) is 0 Å². The first-order valence-electron chi connectivity index (χ1n) is 7.24. The Morgan fingerprint density at radius 2 is 1.79 bits per heavy atom. The summed E-state index contributed by atoms with van der Waals surface area (Å²) in [4.78, 5) is 5.03. The molecule has 1 aliphatic carbocycles. The van der Waals surface area contributed by atoms with Crippen LogP contribution in [0.1, 0.15) is 43.2 Å². The van der Waals surface area contributed by atoms with E-state index >= 15 is 0 Å². The molecule has 102 valence electrons. The zero-order valence-electron chi connectivity index (χ0n) is 11.8. The van der Waals surface area contributed by atoms with Crippen molar-refractivity contribution >= 4 is 22.6 Å². The van der Waals surface area contributed by atoms with Crippen LogP contribution >= 0.6 is 11.8 Å². The van der Waals surface area contributed by atoms with Crippen LogP contribution in [0.4, 0.5) is 5.69 Å². The number of thioether (sulfide) groups is 1. The van der Waals surface area contributed by atoms with Gasteiger partial charge in [-0.25, -0.2) is 0 Å². The molecule has 1 saturated carbocycles. The van der Waals surface area contributed by atoms with Crippen LogP contribution in [0.3, 0.4) is 0 Å². The second kappa shape index (κ2) is 5.20. The molecule has 1 aromatic rings. The fourth-order valence-electron chi connectivity index (χ4n) is 3.13. The fourth-order valence-corrected chi connectivity index (χ4v) is 4.32. The molecule has 1 aliphatic heterocycles. The number of nitrogens with zero attached hydrogens (tertiary/aromatic N) is 1. The van der Waals surface area contributed by atoms with Gasteiger partial charge in [0.25, 0.3) is 0 Å². The maximum Gasteiger partial charge on any atom is 0.161 e. The third-order valence-electron chi connectivity index (χ3n) is 4.31. The summed E-state index contributed by atoms with van der Waals surface area (Å²) in [6, 6.07) is 6.43. The van der Waals surface area contributed by atoms with Crippen molar-refractivity contribution in [2.75, 3.05) is 11.1 Å². The maximum absolute atomic E-state index is 5.03. The molecule has 2 nitrogen and oxygen atoms in total. The molecule has 0 aromatic heterocycles. The number of hydrogen-bond acceptors (Lipinski definition) is 3. The van der Waals surface area contributed by atoms with Crippen molar-refractivity contribution < 1.29 is 0 Å². The minimum absolute atomic E-state index is 0.252. The maximum atomic E-state index is 5.03. The van der Waals surface area contributed by atoms with Gasteiger partial charge >= 0.3 is 0 Å². The molecule has 0 bridgehead atoms. The fraction of sp³-hybridized carbons (Fsp3) is 0.562. The lowest BCUT2D eigenvalue weighted by Gasteiger charge is -2.29. The van der Waals surface area contributed by atoms with Gasteiger partial charge in [0.15, 0.2) is 5.17 Å². The number of aryl methyl sites for hydroxylation is 2. The lowest BCUT2D eigenvalue weighted by atomic mass is 9.84. The van der Waals surface area contributed by atoms with Crippen molar-refractivity contribution in [2.45, 2.75) is 51.5 Å². The van der Waals surface area contributed by atoms with Gasteiger partial charge in [-0.05, 0) is 37.8 Å². The molecule has 1 aromatic carbocycles. The van der Waals surface area contributed by atoms with Gasteiger partial charge in [-0.3, -0.25) is 4.99 Å². The van der Waals surface area contributed by atoms with Gasteiger partial charge in [-0.2, -0.15) is 0 Å². The Balaban J connectivity index is 1.79. The molecule has 3 rings (SSSR count). The van der Waals surface area contributed by atoms with Gasteiger partial charge in [0.2, 0.25) is 0 Å². The highest BCUT2D eigenvalue weighted by Gasteiger charge is 2.36. The molecular weight excluding hydrogens is 252 g/mol. The SMILES string of the molecule is Cc1cccc(C)c1NC1=NC2(CCCCC2)CS1. The molecule has 0 radical (unpaired) electrons. The van der Waals surface area contributed by atoms with Crippen molar-refractivity contribution in [1.29, 1.82) is 0 Å². The molecule has 1 spiro atoms. The molecule has 0 atom stereocenters. The Bertz CT molecular complexity index is 481. The van der Waals surface area contributed by atoms with Crippen LogP contribution in [0, 0.1) is 13.8 Å². The van der Waals surface area contributed by atoms with Gasteiger partial charge in [-0.15, -0.1) is 0 Å². The quantitative estimate of drug-likeness (QED) is 0.814. The molecule has 0 unspecified atom stereocenters. The number of rotatable bonds is 1. The van der Waals surface area contributed by atoms with Crippen molar-refractivity contribution in [1.82, 2.24) is 0 Å². The standard InChI is InChI=1S/C16H22N2S/c1-12-7-6-8-13(2)14(12)17-15-18-16(11-19-15)9-4-3-5-10-16/h6-8H,3-5,9-11H2,1-2H3,(H,17,18). The molecule has 0 saturated heterocycles. The summed E-state index contributed by atoms with van der Waals surface area (Å²) in [6.45, 7) is 4.32. The predicted octanol–water partition coefficient (Wildman–Crippen LogP) is 4.52. The van der Waals surface area contributed by atoms with Crippen LogP contribution in [0.15, 0.2) is 23.2 Å². The molecule has 1 fully saturated rings. The predicted molar refractivity (Wildman–Crippen MR) is 85.2 cm³/mol. The largest absolute Gasteiger partial charge is 0.335 e. The Labute approximate surface area is 120 Å². The molecule has 3 heteroatoms. The summed E-state index contributed by atoms with van der Waals surface area (Å²) in [5.41, 5.74) is 4.09. The lowest BCUT2D eigenvalue weighted by Crippen LogP contribution is -2.29. The van der Waals surface area contributed by atoms with E-state index in [9.17, 15) is 0 Å². The number of anilines is 1. The molecule has 1 heterocycles. The first-order chi connectivity index (χ1) is 9.19. The van der Waals surface area contributed by atoms with Gasteiger partial charge in [0, 0.05) is 11.4 Å². The second-order valence-corrected chi connectivity index (χ2v) is 6.85. The summed E-state index contributed by atoms with van der Waals surface area (Å²) >= 11 is 1.90. The van der Waals surface area contributed by atoms with Crippen molar-refractivity contribution in [3.8, 4) is 0 Å². The Morgan fingerprint density at radius 3 is 2.47 bits per heavy atom. The van der Waals surface area contributed by atoms with Crippen LogP contribution in [-0.2, 0) is 0 Å². The normalized spacial score (nSPS) is 21.5. The Kier molecular flexibility index (Phi) is 3.57. The van der Waals surface area contributed by atoms with E-state index in [2.05, 4.69) is 37.4 Å². The topological polar surface area (TPSA) is 24.4 Å². The highest BCUT2D eigenvalue weighted by Crippen LogP contribution is 2.40. The van der Waals surface area contributed by atoms with Crippen LogP contribution in [0.5, 0.6) is 0 Å². The van der Waals surface area contributed by atoms with E-state index in [4.69, 9.17) is 4.99 Å². The van der Waals surface area contributed by atoms with Gasteiger partial charge < -0.3 is 5.32 Å². The zero-order valence-corrected chi connectivity index (χ0v) is 12.6. The Hall–Kier alpha value is -0.960. The second-order valence-electron chi connectivity index (χ2n) is 5.88. The van der Waals surface area contributed by atoms with Crippen molar-refractivity contribution in [3.63, 3.8) is 0 Å².